The Morgan fingerprint density at radius 1 is 0.471 bits per heavy atom. The molecule has 4 aromatic heterocycles. The second kappa shape index (κ2) is 11.0. The van der Waals surface area contributed by atoms with Gasteiger partial charge in [0.2, 0.25) is 5.95 Å². The fourth-order valence-electron chi connectivity index (χ4n) is 7.68. The molecule has 11 rings (SSSR count). The highest BCUT2D eigenvalue weighted by molar-refractivity contribution is 7.26. The molecule has 11 aromatic rings. The van der Waals surface area contributed by atoms with Gasteiger partial charge in [0.15, 0.2) is 0 Å². The normalized spacial score (nSPS) is 11.9. The minimum absolute atomic E-state index is 0.620. The molecule has 4 heterocycles. The Morgan fingerprint density at radius 3 is 2.04 bits per heavy atom. The molecule has 5 heteroatoms. The maximum absolute atomic E-state index is 6.58. The van der Waals surface area contributed by atoms with Gasteiger partial charge in [-0.25, -0.2) is 9.97 Å². The first-order valence-electron chi connectivity index (χ1n) is 17.1. The van der Waals surface area contributed by atoms with Gasteiger partial charge in [0, 0.05) is 47.5 Å². The molecule has 0 spiro atoms. The van der Waals surface area contributed by atoms with Crippen molar-refractivity contribution in [1.29, 1.82) is 0 Å². The molecule has 0 saturated heterocycles. The van der Waals surface area contributed by atoms with Crippen molar-refractivity contribution >= 4 is 75.3 Å². The summed E-state index contributed by atoms with van der Waals surface area (Å²) in [5.74, 6) is 0.620. The van der Waals surface area contributed by atoms with E-state index in [1.54, 1.807) is 0 Å². The van der Waals surface area contributed by atoms with E-state index >= 15 is 0 Å². The SMILES string of the molecule is c1ccc(-c2ccc(-c3cc(-c4cccc5c4sc4ccccc45)nc(-n4c5ccccc5c5c6oc7ccccc7c6ccc54)n3)cc2)cc1. The Kier molecular flexibility index (Phi) is 6.09. The summed E-state index contributed by atoms with van der Waals surface area (Å²) in [5, 5.41) is 6.89. The average Bonchev–Trinajstić information content (AvgIpc) is 3.88. The predicted octanol–water partition coefficient (Wildman–Crippen LogP) is 12.8. The summed E-state index contributed by atoms with van der Waals surface area (Å²) in [6.07, 6.45) is 0. The number of thiophene rings is 1. The van der Waals surface area contributed by atoms with Crippen LogP contribution in [-0.2, 0) is 0 Å². The van der Waals surface area contributed by atoms with Gasteiger partial charge in [0.25, 0.3) is 0 Å². The largest absolute Gasteiger partial charge is 0.455 e. The van der Waals surface area contributed by atoms with Gasteiger partial charge in [-0.05, 0) is 47.5 Å². The van der Waals surface area contributed by atoms with Crippen LogP contribution in [0.25, 0.3) is 104 Å². The number of hydrogen-bond donors (Lipinski definition) is 0. The van der Waals surface area contributed by atoms with Crippen LogP contribution in [-0.4, -0.2) is 14.5 Å². The van der Waals surface area contributed by atoms with Crippen LogP contribution in [0.3, 0.4) is 0 Å². The van der Waals surface area contributed by atoms with Crippen LogP contribution < -0.4 is 0 Å². The van der Waals surface area contributed by atoms with Gasteiger partial charge in [0.05, 0.1) is 27.8 Å². The van der Waals surface area contributed by atoms with Crippen molar-refractivity contribution in [2.75, 3.05) is 0 Å². The van der Waals surface area contributed by atoms with E-state index in [4.69, 9.17) is 14.4 Å². The summed E-state index contributed by atoms with van der Waals surface area (Å²) in [6, 6.07) is 57.6. The third-order valence-corrected chi connectivity index (χ3v) is 11.3. The first-order chi connectivity index (χ1) is 25.3. The molecule has 0 saturated carbocycles. The Morgan fingerprint density at radius 2 is 1.16 bits per heavy atom. The molecule has 0 unspecified atom stereocenters. The molecule has 51 heavy (non-hydrogen) atoms. The van der Waals surface area contributed by atoms with Crippen LogP contribution in [0.4, 0.5) is 0 Å². The van der Waals surface area contributed by atoms with E-state index in [-0.39, 0.29) is 0 Å². The Balaban J connectivity index is 1.20. The zero-order valence-corrected chi connectivity index (χ0v) is 28.1. The molecule has 238 valence electrons. The lowest BCUT2D eigenvalue weighted by Crippen LogP contribution is -2.04. The molecule has 0 N–H and O–H groups in total. The van der Waals surface area contributed by atoms with Gasteiger partial charge in [0.1, 0.15) is 11.2 Å². The van der Waals surface area contributed by atoms with Crippen LogP contribution in [0.15, 0.2) is 168 Å². The van der Waals surface area contributed by atoms with Crippen molar-refractivity contribution < 1.29 is 4.42 Å². The highest BCUT2D eigenvalue weighted by Crippen LogP contribution is 2.42. The maximum atomic E-state index is 6.58. The number of hydrogen-bond acceptors (Lipinski definition) is 4. The Hall–Kier alpha value is -6.56. The minimum Gasteiger partial charge on any atom is -0.455 e. The molecule has 0 radical (unpaired) electrons. The molecular weight excluding hydrogens is 643 g/mol. The molecular formula is C46H27N3OS. The van der Waals surface area contributed by atoms with Gasteiger partial charge in [-0.1, -0.05) is 127 Å². The van der Waals surface area contributed by atoms with E-state index in [0.29, 0.717) is 5.95 Å². The average molecular weight is 670 g/mol. The third-order valence-electron chi connectivity index (χ3n) is 10.1. The molecule has 0 fully saturated rings. The summed E-state index contributed by atoms with van der Waals surface area (Å²) in [4.78, 5) is 10.8. The van der Waals surface area contributed by atoms with Crippen molar-refractivity contribution in [1.82, 2.24) is 14.5 Å². The molecule has 0 aliphatic heterocycles. The van der Waals surface area contributed by atoms with Gasteiger partial charge in [-0.2, -0.15) is 0 Å². The zero-order chi connectivity index (χ0) is 33.5. The van der Waals surface area contributed by atoms with Crippen molar-refractivity contribution in [3.8, 4) is 39.6 Å². The number of benzene rings is 7. The van der Waals surface area contributed by atoms with E-state index in [1.807, 2.05) is 29.5 Å². The van der Waals surface area contributed by atoms with Gasteiger partial charge in [-0.3, -0.25) is 4.57 Å². The number of aromatic nitrogens is 3. The maximum Gasteiger partial charge on any atom is 0.235 e. The predicted molar refractivity (Wildman–Crippen MR) is 213 cm³/mol. The van der Waals surface area contributed by atoms with Crippen LogP contribution in [0, 0.1) is 0 Å². The third kappa shape index (κ3) is 4.32. The van der Waals surface area contributed by atoms with Crippen molar-refractivity contribution in [2.24, 2.45) is 0 Å². The van der Waals surface area contributed by atoms with E-state index in [1.165, 1.54) is 31.3 Å². The topological polar surface area (TPSA) is 43.9 Å². The lowest BCUT2D eigenvalue weighted by atomic mass is 10.0. The zero-order valence-electron chi connectivity index (χ0n) is 27.2. The molecule has 0 bridgehead atoms. The second-order valence-electron chi connectivity index (χ2n) is 12.9. The summed E-state index contributed by atoms with van der Waals surface area (Å²) < 4.78 is 11.3. The molecule has 4 nitrogen and oxygen atoms in total. The fourth-order valence-corrected chi connectivity index (χ4v) is 8.91. The van der Waals surface area contributed by atoms with Crippen molar-refractivity contribution in [3.63, 3.8) is 0 Å². The molecule has 0 atom stereocenters. The van der Waals surface area contributed by atoms with Crippen LogP contribution >= 0.6 is 11.3 Å². The molecule has 0 aliphatic rings. The number of rotatable bonds is 4. The van der Waals surface area contributed by atoms with Crippen LogP contribution in [0.1, 0.15) is 0 Å². The van der Waals surface area contributed by atoms with E-state index in [2.05, 4.69) is 150 Å². The quantitative estimate of drug-likeness (QED) is 0.187. The number of fused-ring (bicyclic) bond motifs is 10. The first kappa shape index (κ1) is 28.3. The van der Waals surface area contributed by atoms with Gasteiger partial charge in [-0.15, -0.1) is 11.3 Å². The van der Waals surface area contributed by atoms with Gasteiger partial charge >= 0.3 is 0 Å². The second-order valence-corrected chi connectivity index (χ2v) is 14.0. The Labute approximate surface area is 296 Å². The number of para-hydroxylation sites is 2. The van der Waals surface area contributed by atoms with Gasteiger partial charge < -0.3 is 4.42 Å². The highest BCUT2D eigenvalue weighted by atomic mass is 32.1. The summed E-state index contributed by atoms with van der Waals surface area (Å²) in [7, 11) is 0. The lowest BCUT2D eigenvalue weighted by molar-refractivity contribution is 0.673. The molecule has 0 aliphatic carbocycles. The standard InChI is InChI=1S/C46H27N3OS/c1-2-11-28(12-3-1)29-21-23-30(24-22-29)37-27-38(35-17-10-16-34-32-14-6-9-20-42(32)51-45(34)35)48-46(47-37)49-39-18-7-4-15-36(39)43-40(49)26-25-33-31-13-5-8-19-41(31)50-44(33)43/h1-27H. The monoisotopic (exact) mass is 669 g/mol. The first-order valence-corrected chi connectivity index (χ1v) is 17.9. The highest BCUT2D eigenvalue weighted by Gasteiger charge is 2.21. The van der Waals surface area contributed by atoms with E-state index in [9.17, 15) is 0 Å². The summed E-state index contributed by atoms with van der Waals surface area (Å²) in [6.45, 7) is 0. The summed E-state index contributed by atoms with van der Waals surface area (Å²) >= 11 is 1.82. The van der Waals surface area contributed by atoms with Crippen LogP contribution in [0.2, 0.25) is 0 Å². The van der Waals surface area contributed by atoms with E-state index < -0.39 is 0 Å². The number of furan rings is 1. The smallest absolute Gasteiger partial charge is 0.235 e. The minimum atomic E-state index is 0.620. The Bertz CT molecular complexity index is 3130. The molecule has 0 amide bonds. The van der Waals surface area contributed by atoms with Crippen LogP contribution in [0.5, 0.6) is 0 Å². The summed E-state index contributed by atoms with van der Waals surface area (Å²) in [5.41, 5.74) is 10.0. The van der Waals surface area contributed by atoms with E-state index in [0.717, 1.165) is 66.3 Å². The lowest BCUT2D eigenvalue weighted by Gasteiger charge is -2.12. The fraction of sp³-hybridized carbons (Fsp3) is 0. The molecule has 7 aromatic carbocycles. The van der Waals surface area contributed by atoms with Crippen molar-refractivity contribution in [2.45, 2.75) is 0 Å². The van der Waals surface area contributed by atoms with Crippen molar-refractivity contribution in [3.05, 3.63) is 164 Å². The number of nitrogens with zero attached hydrogens (tertiary/aromatic N) is 3.